The van der Waals surface area contributed by atoms with Gasteiger partial charge in [0.05, 0.1) is 12.0 Å². The van der Waals surface area contributed by atoms with Gasteiger partial charge in [-0.25, -0.2) is 0 Å². The molecule has 7 nitrogen and oxygen atoms in total. The Bertz CT molecular complexity index is 647. The highest BCUT2D eigenvalue weighted by molar-refractivity contribution is 5.89. The summed E-state index contributed by atoms with van der Waals surface area (Å²) >= 11 is 0. The molecule has 2 N–H and O–H groups in total. The average molecular weight is 347 g/mol. The Morgan fingerprint density at radius 3 is 2.68 bits per heavy atom. The van der Waals surface area contributed by atoms with Crippen LogP contribution in [0.15, 0.2) is 24.3 Å². The number of nitrogens with zero attached hydrogens (tertiary/aromatic N) is 1. The normalized spacial score (nSPS) is 18.0. The summed E-state index contributed by atoms with van der Waals surface area (Å²) in [4.78, 5) is 37.1. The van der Waals surface area contributed by atoms with Gasteiger partial charge in [0, 0.05) is 32.6 Å². The molecule has 0 unspecified atom stereocenters. The largest absolute Gasteiger partial charge is 0.483 e. The number of ether oxygens (including phenoxy) is 1. The van der Waals surface area contributed by atoms with Gasteiger partial charge in [0.15, 0.2) is 6.61 Å². The standard InChI is InChI=1S/C18H25N3O4/c1-4-14(20-18(24)12-9-17(23)21(3)10-12)13-7-5-6-8-15(13)25-11-16(22)19-2/h5-8,12,14H,4,9-11H2,1-3H3,(H,19,22)(H,20,24)/t12-,14-/m1/s1. The van der Waals surface area contributed by atoms with Gasteiger partial charge < -0.3 is 20.3 Å². The number of hydrogen-bond acceptors (Lipinski definition) is 4. The van der Waals surface area contributed by atoms with Crippen molar-refractivity contribution in [3.05, 3.63) is 29.8 Å². The van der Waals surface area contributed by atoms with Gasteiger partial charge >= 0.3 is 0 Å². The van der Waals surface area contributed by atoms with Crippen LogP contribution < -0.4 is 15.4 Å². The third-order valence-electron chi connectivity index (χ3n) is 4.37. The zero-order valence-electron chi connectivity index (χ0n) is 14.9. The van der Waals surface area contributed by atoms with Crippen molar-refractivity contribution in [2.75, 3.05) is 27.2 Å². The van der Waals surface area contributed by atoms with E-state index in [0.29, 0.717) is 18.7 Å². The van der Waals surface area contributed by atoms with E-state index in [0.717, 1.165) is 5.56 Å². The van der Waals surface area contributed by atoms with E-state index in [1.807, 2.05) is 25.1 Å². The van der Waals surface area contributed by atoms with Crippen LogP contribution in [0, 0.1) is 5.92 Å². The van der Waals surface area contributed by atoms with Gasteiger partial charge in [-0.3, -0.25) is 14.4 Å². The molecule has 2 rings (SSSR count). The summed E-state index contributed by atoms with van der Waals surface area (Å²) in [6.07, 6.45) is 0.913. The Morgan fingerprint density at radius 2 is 2.08 bits per heavy atom. The van der Waals surface area contributed by atoms with Gasteiger partial charge in [-0.15, -0.1) is 0 Å². The Hall–Kier alpha value is -2.57. The summed E-state index contributed by atoms with van der Waals surface area (Å²) in [5.41, 5.74) is 0.819. The van der Waals surface area contributed by atoms with Crippen LogP contribution in [0.4, 0.5) is 0 Å². The van der Waals surface area contributed by atoms with Crippen molar-refractivity contribution >= 4 is 17.7 Å². The average Bonchev–Trinajstić information content (AvgIpc) is 2.96. The number of carbonyl (C=O) groups excluding carboxylic acids is 3. The highest BCUT2D eigenvalue weighted by Crippen LogP contribution is 2.28. The second-order valence-electron chi connectivity index (χ2n) is 6.14. The molecule has 1 heterocycles. The molecule has 136 valence electrons. The molecular weight excluding hydrogens is 322 g/mol. The van der Waals surface area contributed by atoms with E-state index in [9.17, 15) is 14.4 Å². The molecule has 0 radical (unpaired) electrons. The van der Waals surface area contributed by atoms with Crippen molar-refractivity contribution in [2.24, 2.45) is 5.92 Å². The van der Waals surface area contributed by atoms with Crippen LogP contribution in [0.2, 0.25) is 0 Å². The Labute approximate surface area is 147 Å². The van der Waals surface area contributed by atoms with Gasteiger partial charge in [-0.2, -0.15) is 0 Å². The molecule has 1 aliphatic heterocycles. The molecule has 3 amide bonds. The first-order valence-electron chi connectivity index (χ1n) is 8.42. The Kier molecular flexibility index (Phi) is 6.38. The molecule has 0 aromatic heterocycles. The SMILES string of the molecule is CC[C@@H](NC(=O)[C@@H]1CC(=O)N(C)C1)c1ccccc1OCC(=O)NC. The van der Waals surface area contributed by atoms with Gasteiger partial charge in [0.25, 0.3) is 5.91 Å². The fourth-order valence-electron chi connectivity index (χ4n) is 2.84. The van der Waals surface area contributed by atoms with E-state index in [1.54, 1.807) is 25.1 Å². The Balaban J connectivity index is 2.08. The molecule has 1 aliphatic rings. The number of hydrogen-bond donors (Lipinski definition) is 2. The first kappa shape index (κ1) is 18.8. The highest BCUT2D eigenvalue weighted by atomic mass is 16.5. The lowest BCUT2D eigenvalue weighted by atomic mass is 10.0. The maximum absolute atomic E-state index is 12.5. The fraction of sp³-hybridized carbons (Fsp3) is 0.500. The van der Waals surface area contributed by atoms with Crippen molar-refractivity contribution in [1.82, 2.24) is 15.5 Å². The number of likely N-dealkylation sites (N-methyl/N-ethyl adjacent to an activating group) is 1. The molecule has 1 fully saturated rings. The first-order chi connectivity index (χ1) is 12.0. The molecule has 0 aliphatic carbocycles. The summed E-state index contributed by atoms with van der Waals surface area (Å²) in [7, 11) is 3.25. The van der Waals surface area contributed by atoms with Crippen molar-refractivity contribution in [3.63, 3.8) is 0 Å². The van der Waals surface area contributed by atoms with E-state index in [1.165, 1.54) is 0 Å². The molecule has 1 saturated heterocycles. The molecule has 0 saturated carbocycles. The third-order valence-corrected chi connectivity index (χ3v) is 4.37. The van der Waals surface area contributed by atoms with Crippen molar-refractivity contribution in [1.29, 1.82) is 0 Å². The lowest BCUT2D eigenvalue weighted by Gasteiger charge is -2.22. The summed E-state index contributed by atoms with van der Waals surface area (Å²) in [6, 6.07) is 7.10. The number of rotatable bonds is 7. The van der Waals surface area contributed by atoms with Gasteiger partial charge in [-0.05, 0) is 12.5 Å². The smallest absolute Gasteiger partial charge is 0.257 e. The first-order valence-corrected chi connectivity index (χ1v) is 8.42. The monoisotopic (exact) mass is 347 g/mol. The zero-order valence-corrected chi connectivity index (χ0v) is 14.9. The van der Waals surface area contributed by atoms with Crippen LogP contribution in [0.5, 0.6) is 5.75 Å². The van der Waals surface area contributed by atoms with E-state index >= 15 is 0 Å². The van der Waals surface area contributed by atoms with Gasteiger partial charge in [0.1, 0.15) is 5.75 Å². The van der Waals surface area contributed by atoms with E-state index in [4.69, 9.17) is 4.74 Å². The van der Waals surface area contributed by atoms with Crippen LogP contribution in [0.3, 0.4) is 0 Å². The molecule has 1 aromatic carbocycles. The predicted molar refractivity (Wildman–Crippen MR) is 92.9 cm³/mol. The minimum atomic E-state index is -0.328. The second-order valence-corrected chi connectivity index (χ2v) is 6.14. The van der Waals surface area contributed by atoms with Crippen LogP contribution >= 0.6 is 0 Å². The molecule has 0 bridgehead atoms. The highest BCUT2D eigenvalue weighted by Gasteiger charge is 2.33. The van der Waals surface area contributed by atoms with E-state index < -0.39 is 0 Å². The lowest BCUT2D eigenvalue weighted by molar-refractivity contribution is -0.128. The van der Waals surface area contributed by atoms with Crippen LogP contribution in [0.1, 0.15) is 31.4 Å². The summed E-state index contributed by atoms with van der Waals surface area (Å²) in [6.45, 7) is 2.32. The molecule has 7 heteroatoms. The van der Waals surface area contributed by atoms with E-state index in [-0.39, 0.29) is 42.7 Å². The number of nitrogens with one attached hydrogen (secondary N) is 2. The maximum atomic E-state index is 12.5. The van der Waals surface area contributed by atoms with Gasteiger partial charge in [0.2, 0.25) is 11.8 Å². The van der Waals surface area contributed by atoms with Crippen molar-refractivity contribution in [3.8, 4) is 5.75 Å². The van der Waals surface area contributed by atoms with Crippen LogP contribution in [-0.2, 0) is 14.4 Å². The molecule has 25 heavy (non-hydrogen) atoms. The predicted octanol–water partition coefficient (Wildman–Crippen LogP) is 0.857. The molecule has 1 aromatic rings. The molecule has 0 spiro atoms. The fourth-order valence-corrected chi connectivity index (χ4v) is 2.84. The minimum absolute atomic E-state index is 0.0116. The lowest BCUT2D eigenvalue weighted by Crippen LogP contribution is -2.35. The summed E-state index contributed by atoms with van der Waals surface area (Å²) < 4.78 is 5.59. The molecular formula is C18H25N3O4. The minimum Gasteiger partial charge on any atom is -0.483 e. The number of para-hydroxylation sites is 1. The summed E-state index contributed by atoms with van der Waals surface area (Å²) in [5.74, 6) is -0.129. The van der Waals surface area contributed by atoms with Crippen molar-refractivity contribution < 1.29 is 19.1 Å². The Morgan fingerprint density at radius 1 is 1.36 bits per heavy atom. The zero-order chi connectivity index (χ0) is 18.4. The quantitative estimate of drug-likeness (QED) is 0.766. The van der Waals surface area contributed by atoms with Crippen molar-refractivity contribution in [2.45, 2.75) is 25.8 Å². The van der Waals surface area contributed by atoms with Crippen LogP contribution in [0.25, 0.3) is 0 Å². The summed E-state index contributed by atoms with van der Waals surface area (Å²) in [5, 5.41) is 5.51. The number of carbonyl (C=O) groups is 3. The third kappa shape index (κ3) is 4.71. The second kappa shape index (κ2) is 8.50. The number of likely N-dealkylation sites (tertiary alicyclic amines) is 1. The van der Waals surface area contributed by atoms with E-state index in [2.05, 4.69) is 10.6 Å². The van der Waals surface area contributed by atoms with Crippen LogP contribution in [-0.4, -0.2) is 49.9 Å². The topological polar surface area (TPSA) is 87.7 Å². The maximum Gasteiger partial charge on any atom is 0.257 e. The number of benzene rings is 1. The molecule has 2 atom stereocenters. The number of amides is 3. The van der Waals surface area contributed by atoms with Gasteiger partial charge in [-0.1, -0.05) is 25.1 Å².